The van der Waals surface area contributed by atoms with Crippen LogP contribution in [0, 0.1) is 13.8 Å². The molecule has 0 bridgehead atoms. The quantitative estimate of drug-likeness (QED) is 0.713. The van der Waals surface area contributed by atoms with E-state index in [1.165, 1.54) is 0 Å². The molecule has 0 aliphatic rings. The molecule has 1 aromatic heterocycles. The zero-order chi connectivity index (χ0) is 12.0. The Morgan fingerprint density at radius 3 is 2.81 bits per heavy atom. The molecule has 5 nitrogen and oxygen atoms in total. The van der Waals surface area contributed by atoms with Gasteiger partial charge in [0.1, 0.15) is 0 Å². The predicted octanol–water partition coefficient (Wildman–Crippen LogP) is 0.562. The Morgan fingerprint density at radius 2 is 2.12 bits per heavy atom. The zero-order valence-corrected chi connectivity index (χ0v) is 9.79. The average Bonchev–Trinajstić information content (AvgIpc) is 2.27. The van der Waals surface area contributed by atoms with Gasteiger partial charge in [0.05, 0.1) is 17.0 Å². The second-order valence-corrected chi connectivity index (χ2v) is 3.74. The lowest BCUT2D eigenvalue weighted by atomic mass is 10.2. The summed E-state index contributed by atoms with van der Waals surface area (Å²) < 4.78 is 0. The van der Waals surface area contributed by atoms with Crippen molar-refractivity contribution in [2.24, 2.45) is 5.73 Å². The Bertz CT molecular complexity index is 365. The minimum atomic E-state index is -0.0903. The lowest BCUT2D eigenvalue weighted by Gasteiger charge is -2.06. The van der Waals surface area contributed by atoms with Crippen molar-refractivity contribution in [3.8, 4) is 0 Å². The third-order valence-corrected chi connectivity index (χ3v) is 2.26. The molecule has 0 saturated carbocycles. The Labute approximate surface area is 95.4 Å². The van der Waals surface area contributed by atoms with Crippen molar-refractivity contribution in [2.75, 3.05) is 13.1 Å². The number of carbonyl (C=O) groups excluding carboxylic acids is 1. The molecule has 3 N–H and O–H groups in total. The lowest BCUT2D eigenvalue weighted by Crippen LogP contribution is -2.26. The van der Waals surface area contributed by atoms with Crippen LogP contribution in [0.15, 0.2) is 6.07 Å². The number of aryl methyl sites for hydroxylation is 2. The summed E-state index contributed by atoms with van der Waals surface area (Å²) >= 11 is 0. The van der Waals surface area contributed by atoms with Crippen molar-refractivity contribution in [1.82, 2.24) is 15.5 Å². The van der Waals surface area contributed by atoms with E-state index in [2.05, 4.69) is 15.5 Å². The van der Waals surface area contributed by atoms with Gasteiger partial charge in [0.25, 0.3) is 5.91 Å². The van der Waals surface area contributed by atoms with Gasteiger partial charge in [-0.15, -0.1) is 0 Å². The van der Waals surface area contributed by atoms with Crippen molar-refractivity contribution in [3.05, 3.63) is 23.0 Å². The van der Waals surface area contributed by atoms with Gasteiger partial charge in [0.2, 0.25) is 0 Å². The van der Waals surface area contributed by atoms with Gasteiger partial charge in [-0.1, -0.05) is 0 Å². The predicted molar refractivity (Wildman–Crippen MR) is 62.1 cm³/mol. The first-order valence-corrected chi connectivity index (χ1v) is 5.44. The van der Waals surface area contributed by atoms with Crippen LogP contribution in [-0.4, -0.2) is 29.2 Å². The second kappa shape index (κ2) is 6.17. The number of amides is 1. The van der Waals surface area contributed by atoms with E-state index in [0.29, 0.717) is 24.3 Å². The summed E-state index contributed by atoms with van der Waals surface area (Å²) in [5.74, 6) is -0.0903. The van der Waals surface area contributed by atoms with Crippen LogP contribution in [-0.2, 0) is 0 Å². The van der Waals surface area contributed by atoms with Crippen molar-refractivity contribution in [3.63, 3.8) is 0 Å². The largest absolute Gasteiger partial charge is 0.352 e. The summed E-state index contributed by atoms with van der Waals surface area (Å²) in [5.41, 5.74) is 7.37. The normalized spacial score (nSPS) is 10.2. The summed E-state index contributed by atoms with van der Waals surface area (Å²) in [5, 5.41) is 10.6. The molecular weight excluding hydrogens is 204 g/mol. The van der Waals surface area contributed by atoms with Crippen LogP contribution in [0.25, 0.3) is 0 Å². The second-order valence-electron chi connectivity index (χ2n) is 3.74. The highest BCUT2D eigenvalue weighted by Crippen LogP contribution is 2.04. The summed E-state index contributed by atoms with van der Waals surface area (Å²) in [6, 6.07) is 1.75. The molecule has 88 valence electrons. The molecule has 5 heteroatoms. The number of hydrogen-bond acceptors (Lipinski definition) is 4. The summed E-state index contributed by atoms with van der Waals surface area (Å²) in [6.07, 6.45) is 1.83. The summed E-state index contributed by atoms with van der Waals surface area (Å²) in [4.78, 5) is 11.8. The number of carbonyl (C=O) groups is 1. The first-order chi connectivity index (χ1) is 7.65. The standard InChI is InChI=1S/C11H18N4O/c1-8-7-10(9(2)15-14-8)11(16)13-6-4-3-5-12/h7H,3-6,12H2,1-2H3,(H,13,16). The minimum Gasteiger partial charge on any atom is -0.352 e. The molecule has 0 atom stereocenters. The van der Waals surface area contributed by atoms with Gasteiger partial charge in [-0.3, -0.25) is 4.79 Å². The summed E-state index contributed by atoms with van der Waals surface area (Å²) in [6.45, 7) is 4.90. The molecule has 16 heavy (non-hydrogen) atoms. The van der Waals surface area contributed by atoms with Gasteiger partial charge in [-0.25, -0.2) is 0 Å². The molecule has 0 radical (unpaired) electrons. The topological polar surface area (TPSA) is 80.9 Å². The maximum atomic E-state index is 11.8. The molecule has 1 amide bonds. The van der Waals surface area contributed by atoms with Crippen LogP contribution < -0.4 is 11.1 Å². The SMILES string of the molecule is Cc1cc(C(=O)NCCCCN)c(C)nn1. The van der Waals surface area contributed by atoms with Gasteiger partial charge >= 0.3 is 0 Å². The van der Waals surface area contributed by atoms with E-state index in [9.17, 15) is 4.79 Å². The number of hydrogen-bond donors (Lipinski definition) is 2. The van der Waals surface area contributed by atoms with Crippen LogP contribution in [0.3, 0.4) is 0 Å². The molecule has 0 saturated heterocycles. The third-order valence-electron chi connectivity index (χ3n) is 2.26. The Morgan fingerprint density at radius 1 is 1.38 bits per heavy atom. The minimum absolute atomic E-state index is 0.0903. The number of nitrogens with two attached hydrogens (primary N) is 1. The van der Waals surface area contributed by atoms with Crippen molar-refractivity contribution >= 4 is 5.91 Å². The molecule has 0 aliphatic heterocycles. The first-order valence-electron chi connectivity index (χ1n) is 5.44. The maximum absolute atomic E-state index is 11.8. The van der Waals surface area contributed by atoms with Gasteiger partial charge in [-0.2, -0.15) is 10.2 Å². The first kappa shape index (κ1) is 12.6. The van der Waals surface area contributed by atoms with E-state index < -0.39 is 0 Å². The van der Waals surface area contributed by atoms with E-state index in [1.807, 2.05) is 6.92 Å². The monoisotopic (exact) mass is 222 g/mol. The van der Waals surface area contributed by atoms with Crippen molar-refractivity contribution in [1.29, 1.82) is 0 Å². The number of rotatable bonds is 5. The maximum Gasteiger partial charge on any atom is 0.253 e. The van der Waals surface area contributed by atoms with Gasteiger partial charge in [0, 0.05) is 6.54 Å². The molecule has 0 aliphatic carbocycles. The van der Waals surface area contributed by atoms with Crippen LogP contribution in [0.2, 0.25) is 0 Å². The molecule has 1 rings (SSSR count). The Hall–Kier alpha value is -1.49. The van der Waals surface area contributed by atoms with Crippen LogP contribution >= 0.6 is 0 Å². The average molecular weight is 222 g/mol. The van der Waals surface area contributed by atoms with Gasteiger partial charge in [0.15, 0.2) is 0 Å². The van der Waals surface area contributed by atoms with E-state index in [4.69, 9.17) is 5.73 Å². The fourth-order valence-electron chi connectivity index (χ4n) is 1.35. The van der Waals surface area contributed by atoms with E-state index in [1.54, 1.807) is 13.0 Å². The molecule has 1 heterocycles. The number of unbranched alkanes of at least 4 members (excludes halogenated alkanes) is 1. The van der Waals surface area contributed by atoms with Crippen molar-refractivity contribution in [2.45, 2.75) is 26.7 Å². The molecule has 0 fully saturated rings. The fourth-order valence-corrected chi connectivity index (χ4v) is 1.35. The van der Waals surface area contributed by atoms with E-state index in [-0.39, 0.29) is 5.91 Å². The summed E-state index contributed by atoms with van der Waals surface area (Å²) in [7, 11) is 0. The van der Waals surface area contributed by atoms with Crippen LogP contribution in [0.5, 0.6) is 0 Å². The molecular formula is C11H18N4O. The van der Waals surface area contributed by atoms with E-state index in [0.717, 1.165) is 18.5 Å². The lowest BCUT2D eigenvalue weighted by molar-refractivity contribution is 0.0951. The number of nitrogens with zero attached hydrogens (tertiary/aromatic N) is 2. The van der Waals surface area contributed by atoms with E-state index >= 15 is 0 Å². The third kappa shape index (κ3) is 3.58. The van der Waals surface area contributed by atoms with Crippen LogP contribution in [0.1, 0.15) is 34.6 Å². The van der Waals surface area contributed by atoms with Crippen molar-refractivity contribution < 1.29 is 4.79 Å². The molecule has 0 aromatic carbocycles. The van der Waals surface area contributed by atoms with Crippen LogP contribution in [0.4, 0.5) is 0 Å². The molecule has 1 aromatic rings. The number of aromatic nitrogens is 2. The molecule has 0 spiro atoms. The zero-order valence-electron chi connectivity index (χ0n) is 9.79. The molecule has 0 unspecified atom stereocenters. The highest BCUT2D eigenvalue weighted by Gasteiger charge is 2.09. The van der Waals surface area contributed by atoms with Gasteiger partial charge < -0.3 is 11.1 Å². The highest BCUT2D eigenvalue weighted by molar-refractivity contribution is 5.95. The number of nitrogens with one attached hydrogen (secondary N) is 1. The van der Waals surface area contributed by atoms with Gasteiger partial charge in [-0.05, 0) is 39.3 Å². The fraction of sp³-hybridized carbons (Fsp3) is 0.545. The Kier molecular flexibility index (Phi) is 4.85. The smallest absolute Gasteiger partial charge is 0.253 e. The Balaban J connectivity index is 2.55. The highest BCUT2D eigenvalue weighted by atomic mass is 16.1.